The molecule has 1 heterocycles. The summed E-state index contributed by atoms with van der Waals surface area (Å²) in [7, 11) is 0. The summed E-state index contributed by atoms with van der Waals surface area (Å²) < 4.78 is 10.3. The number of carbonyl (C=O) groups is 2. The average molecular weight is 266 g/mol. The SMILES string of the molecule is CC(=O)OC(=O)c1ccccc1OC1CCCS1. The minimum Gasteiger partial charge on any atom is -0.479 e. The number of hydrogen-bond acceptors (Lipinski definition) is 5. The highest BCUT2D eigenvalue weighted by molar-refractivity contribution is 8.00. The Labute approximate surface area is 110 Å². The molecule has 4 nitrogen and oxygen atoms in total. The third-order valence-electron chi connectivity index (χ3n) is 2.49. The molecule has 1 unspecified atom stereocenters. The molecular weight excluding hydrogens is 252 g/mol. The zero-order chi connectivity index (χ0) is 13.0. The van der Waals surface area contributed by atoms with Crippen LogP contribution in [0.3, 0.4) is 0 Å². The molecule has 0 aromatic heterocycles. The van der Waals surface area contributed by atoms with Gasteiger partial charge in [-0.1, -0.05) is 12.1 Å². The lowest BCUT2D eigenvalue weighted by atomic mass is 10.2. The van der Waals surface area contributed by atoms with Gasteiger partial charge in [0.25, 0.3) is 0 Å². The summed E-state index contributed by atoms with van der Waals surface area (Å²) in [5, 5.41) is 0. The largest absolute Gasteiger partial charge is 0.479 e. The summed E-state index contributed by atoms with van der Waals surface area (Å²) in [4.78, 5) is 22.5. The fraction of sp³-hybridized carbons (Fsp3) is 0.385. The molecule has 18 heavy (non-hydrogen) atoms. The number of ether oxygens (including phenoxy) is 2. The summed E-state index contributed by atoms with van der Waals surface area (Å²) in [6.45, 7) is 1.20. The Bertz CT molecular complexity index is 452. The first-order valence-corrected chi connectivity index (χ1v) is 6.82. The van der Waals surface area contributed by atoms with E-state index in [-0.39, 0.29) is 5.44 Å². The van der Waals surface area contributed by atoms with E-state index in [1.807, 2.05) is 0 Å². The van der Waals surface area contributed by atoms with Gasteiger partial charge in [-0.15, -0.1) is 11.8 Å². The molecule has 1 aliphatic rings. The van der Waals surface area contributed by atoms with Crippen molar-refractivity contribution >= 4 is 23.7 Å². The second-order valence-corrected chi connectivity index (χ2v) is 5.21. The highest BCUT2D eigenvalue weighted by Gasteiger charge is 2.21. The van der Waals surface area contributed by atoms with Crippen LogP contribution >= 0.6 is 11.8 Å². The van der Waals surface area contributed by atoms with Crippen molar-refractivity contribution in [3.63, 3.8) is 0 Å². The van der Waals surface area contributed by atoms with Crippen molar-refractivity contribution in [1.82, 2.24) is 0 Å². The Morgan fingerprint density at radius 2 is 2.11 bits per heavy atom. The first-order valence-electron chi connectivity index (χ1n) is 5.77. The van der Waals surface area contributed by atoms with Crippen LogP contribution in [0.15, 0.2) is 24.3 Å². The van der Waals surface area contributed by atoms with Crippen molar-refractivity contribution < 1.29 is 19.1 Å². The van der Waals surface area contributed by atoms with Crippen LogP contribution in [0.5, 0.6) is 5.75 Å². The normalized spacial score (nSPS) is 18.4. The first-order chi connectivity index (χ1) is 8.66. The van der Waals surface area contributed by atoms with E-state index in [2.05, 4.69) is 4.74 Å². The van der Waals surface area contributed by atoms with E-state index < -0.39 is 11.9 Å². The van der Waals surface area contributed by atoms with E-state index in [4.69, 9.17) is 4.74 Å². The van der Waals surface area contributed by atoms with Gasteiger partial charge in [-0.3, -0.25) is 4.79 Å². The Morgan fingerprint density at radius 3 is 2.78 bits per heavy atom. The van der Waals surface area contributed by atoms with Gasteiger partial charge in [0.05, 0.1) is 0 Å². The number of benzene rings is 1. The number of thioether (sulfide) groups is 1. The van der Waals surface area contributed by atoms with Crippen LogP contribution in [0, 0.1) is 0 Å². The molecule has 0 bridgehead atoms. The Balaban J connectivity index is 2.13. The minimum atomic E-state index is -0.666. The van der Waals surface area contributed by atoms with Gasteiger partial charge in [-0.05, 0) is 30.7 Å². The molecule has 0 aliphatic carbocycles. The van der Waals surface area contributed by atoms with Crippen LogP contribution in [0.1, 0.15) is 30.1 Å². The predicted molar refractivity (Wildman–Crippen MR) is 68.6 cm³/mol. The van der Waals surface area contributed by atoms with Crippen LogP contribution in [0.25, 0.3) is 0 Å². The quantitative estimate of drug-likeness (QED) is 0.622. The summed E-state index contributed by atoms with van der Waals surface area (Å²) in [6.07, 6.45) is 2.09. The number of para-hydroxylation sites is 1. The maximum Gasteiger partial charge on any atom is 0.349 e. The van der Waals surface area contributed by atoms with E-state index in [0.29, 0.717) is 11.3 Å². The van der Waals surface area contributed by atoms with Crippen molar-refractivity contribution in [3.05, 3.63) is 29.8 Å². The predicted octanol–water partition coefficient (Wildman–Crippen LogP) is 2.62. The number of rotatable bonds is 3. The molecule has 1 saturated heterocycles. The van der Waals surface area contributed by atoms with E-state index in [1.54, 1.807) is 36.0 Å². The molecule has 96 valence electrons. The van der Waals surface area contributed by atoms with Gasteiger partial charge >= 0.3 is 11.9 Å². The van der Waals surface area contributed by atoms with Gasteiger partial charge in [0, 0.05) is 6.92 Å². The van der Waals surface area contributed by atoms with Gasteiger partial charge in [-0.25, -0.2) is 4.79 Å². The van der Waals surface area contributed by atoms with E-state index in [0.717, 1.165) is 18.6 Å². The molecule has 1 aromatic carbocycles. The third kappa shape index (κ3) is 3.26. The first kappa shape index (κ1) is 13.0. The van der Waals surface area contributed by atoms with Gasteiger partial charge in [0.1, 0.15) is 16.7 Å². The number of esters is 2. The summed E-state index contributed by atoms with van der Waals surface area (Å²) in [5.41, 5.74) is 0.372. The lowest BCUT2D eigenvalue weighted by Gasteiger charge is -2.14. The van der Waals surface area contributed by atoms with Crippen LogP contribution < -0.4 is 4.74 Å². The fourth-order valence-electron chi connectivity index (χ4n) is 1.71. The standard InChI is InChI=1S/C13H14O4S/c1-9(14)16-13(15)10-5-2-3-6-11(10)17-12-7-4-8-18-12/h2-3,5-6,12H,4,7-8H2,1H3. The van der Waals surface area contributed by atoms with E-state index in [9.17, 15) is 9.59 Å². The highest BCUT2D eigenvalue weighted by Crippen LogP contribution is 2.30. The molecule has 1 atom stereocenters. The smallest absolute Gasteiger partial charge is 0.349 e. The highest BCUT2D eigenvalue weighted by atomic mass is 32.2. The molecule has 0 spiro atoms. The van der Waals surface area contributed by atoms with Gasteiger partial charge in [-0.2, -0.15) is 0 Å². The second-order valence-electron chi connectivity index (χ2n) is 3.94. The second kappa shape index (κ2) is 5.91. The molecule has 2 rings (SSSR count). The van der Waals surface area contributed by atoms with Crippen molar-refractivity contribution in [2.24, 2.45) is 0 Å². The number of hydrogen-bond donors (Lipinski definition) is 0. The minimum absolute atomic E-state index is 0.0799. The zero-order valence-electron chi connectivity index (χ0n) is 10.0. The van der Waals surface area contributed by atoms with Crippen LogP contribution in [-0.4, -0.2) is 23.1 Å². The topological polar surface area (TPSA) is 52.6 Å². The average Bonchev–Trinajstić information content (AvgIpc) is 2.81. The fourth-order valence-corrected chi connectivity index (χ4v) is 2.81. The lowest BCUT2D eigenvalue weighted by Crippen LogP contribution is -2.14. The van der Waals surface area contributed by atoms with Crippen molar-refractivity contribution in [1.29, 1.82) is 0 Å². The molecule has 5 heteroatoms. The van der Waals surface area contributed by atoms with Crippen LogP contribution in [-0.2, 0) is 9.53 Å². The van der Waals surface area contributed by atoms with Crippen LogP contribution in [0.2, 0.25) is 0 Å². The molecule has 0 saturated carbocycles. The maximum absolute atomic E-state index is 11.7. The van der Waals surface area contributed by atoms with E-state index in [1.165, 1.54) is 6.92 Å². The van der Waals surface area contributed by atoms with Crippen molar-refractivity contribution in [3.8, 4) is 5.75 Å². The summed E-state index contributed by atoms with van der Waals surface area (Å²) in [6, 6.07) is 6.82. The molecule has 1 fully saturated rings. The molecule has 1 aliphatic heterocycles. The molecule has 1 aromatic rings. The van der Waals surface area contributed by atoms with Gasteiger partial charge in [0.15, 0.2) is 0 Å². The maximum atomic E-state index is 11.7. The zero-order valence-corrected chi connectivity index (χ0v) is 10.9. The Kier molecular flexibility index (Phi) is 4.25. The third-order valence-corrected chi connectivity index (χ3v) is 3.72. The number of carbonyl (C=O) groups excluding carboxylic acids is 2. The summed E-state index contributed by atoms with van der Waals surface area (Å²) >= 11 is 1.73. The molecule has 0 radical (unpaired) electrons. The van der Waals surface area contributed by atoms with Crippen molar-refractivity contribution in [2.45, 2.75) is 25.2 Å². The van der Waals surface area contributed by atoms with Crippen LogP contribution in [0.4, 0.5) is 0 Å². The molecule has 0 N–H and O–H groups in total. The van der Waals surface area contributed by atoms with E-state index >= 15 is 0 Å². The Hall–Kier alpha value is -1.49. The monoisotopic (exact) mass is 266 g/mol. The van der Waals surface area contributed by atoms with Gasteiger partial charge < -0.3 is 9.47 Å². The Morgan fingerprint density at radius 1 is 1.33 bits per heavy atom. The molecular formula is C13H14O4S. The lowest BCUT2D eigenvalue weighted by molar-refractivity contribution is -0.135. The molecule has 0 amide bonds. The van der Waals surface area contributed by atoms with Gasteiger partial charge in [0.2, 0.25) is 0 Å². The summed E-state index contributed by atoms with van der Waals surface area (Å²) in [5.74, 6) is 0.263. The van der Waals surface area contributed by atoms with Crippen molar-refractivity contribution in [2.75, 3.05) is 5.75 Å².